The molecule has 4 aromatic rings. The number of nitrogens with zero attached hydrogens (tertiary/aromatic N) is 3. The van der Waals surface area contributed by atoms with Gasteiger partial charge in [-0.05, 0) is 48.9 Å². The fourth-order valence-electron chi connectivity index (χ4n) is 3.11. The molecule has 2 aromatic carbocycles. The topological polar surface area (TPSA) is 77.8 Å². The summed E-state index contributed by atoms with van der Waals surface area (Å²) in [6.07, 6.45) is 8.75. The van der Waals surface area contributed by atoms with E-state index in [1.165, 1.54) is 6.08 Å². The SMILES string of the molecule is CCOc1cc(C=CC(=O)Nc2ccc(-c3cn4cccnc4n3)cc2)ccc1OC. The van der Waals surface area contributed by atoms with E-state index in [2.05, 4.69) is 15.3 Å². The number of carbonyl (C=O) groups excluding carboxylic acids is 1. The highest BCUT2D eigenvalue weighted by Crippen LogP contribution is 2.28. The molecule has 7 nitrogen and oxygen atoms in total. The number of hydrogen-bond acceptors (Lipinski definition) is 5. The van der Waals surface area contributed by atoms with Gasteiger partial charge in [-0.2, -0.15) is 0 Å². The van der Waals surface area contributed by atoms with Crippen molar-refractivity contribution in [1.29, 1.82) is 0 Å². The summed E-state index contributed by atoms with van der Waals surface area (Å²) < 4.78 is 12.7. The third-order valence-corrected chi connectivity index (χ3v) is 4.60. The first-order chi connectivity index (χ1) is 15.2. The Morgan fingerprint density at radius 1 is 1.16 bits per heavy atom. The molecule has 7 heteroatoms. The molecule has 0 aliphatic carbocycles. The van der Waals surface area contributed by atoms with Crippen molar-refractivity contribution in [2.45, 2.75) is 6.92 Å². The first-order valence-corrected chi connectivity index (χ1v) is 9.86. The van der Waals surface area contributed by atoms with Gasteiger partial charge in [-0.25, -0.2) is 9.97 Å². The van der Waals surface area contributed by atoms with Crippen LogP contribution < -0.4 is 14.8 Å². The number of carbonyl (C=O) groups is 1. The Balaban J connectivity index is 1.42. The zero-order valence-corrected chi connectivity index (χ0v) is 17.3. The Kier molecular flexibility index (Phi) is 5.93. The lowest BCUT2D eigenvalue weighted by molar-refractivity contribution is -0.111. The predicted octanol–water partition coefficient (Wildman–Crippen LogP) is 4.46. The summed E-state index contributed by atoms with van der Waals surface area (Å²) in [7, 11) is 1.60. The van der Waals surface area contributed by atoms with E-state index in [0.29, 0.717) is 29.6 Å². The summed E-state index contributed by atoms with van der Waals surface area (Å²) >= 11 is 0. The van der Waals surface area contributed by atoms with Crippen molar-refractivity contribution in [3.05, 3.63) is 78.8 Å². The Labute approximate surface area is 180 Å². The highest BCUT2D eigenvalue weighted by Gasteiger charge is 2.06. The monoisotopic (exact) mass is 414 g/mol. The highest BCUT2D eigenvalue weighted by atomic mass is 16.5. The molecule has 0 unspecified atom stereocenters. The summed E-state index contributed by atoms with van der Waals surface area (Å²) in [5, 5.41) is 2.86. The fraction of sp³-hybridized carbons (Fsp3) is 0.125. The average Bonchev–Trinajstić information content (AvgIpc) is 3.23. The van der Waals surface area contributed by atoms with E-state index >= 15 is 0 Å². The quantitative estimate of drug-likeness (QED) is 0.452. The number of hydrogen-bond donors (Lipinski definition) is 1. The molecule has 156 valence electrons. The molecule has 0 radical (unpaired) electrons. The molecule has 0 atom stereocenters. The lowest BCUT2D eigenvalue weighted by Crippen LogP contribution is -2.07. The van der Waals surface area contributed by atoms with Gasteiger partial charge < -0.3 is 14.8 Å². The van der Waals surface area contributed by atoms with E-state index in [1.807, 2.05) is 72.2 Å². The van der Waals surface area contributed by atoms with E-state index in [1.54, 1.807) is 19.4 Å². The molecular formula is C24H22N4O3. The lowest BCUT2D eigenvalue weighted by Gasteiger charge is -2.09. The summed E-state index contributed by atoms with van der Waals surface area (Å²) in [5.74, 6) is 1.72. The van der Waals surface area contributed by atoms with E-state index in [9.17, 15) is 4.79 Å². The zero-order valence-electron chi connectivity index (χ0n) is 17.3. The van der Waals surface area contributed by atoms with Gasteiger partial charge in [0.15, 0.2) is 11.5 Å². The summed E-state index contributed by atoms with van der Waals surface area (Å²) in [5.41, 5.74) is 3.31. The van der Waals surface area contributed by atoms with Crippen LogP contribution in [-0.4, -0.2) is 34.0 Å². The van der Waals surface area contributed by atoms with Gasteiger partial charge in [0.2, 0.25) is 11.7 Å². The van der Waals surface area contributed by atoms with Crippen molar-refractivity contribution in [3.63, 3.8) is 0 Å². The predicted molar refractivity (Wildman–Crippen MR) is 120 cm³/mol. The highest BCUT2D eigenvalue weighted by molar-refractivity contribution is 6.02. The maximum atomic E-state index is 12.3. The second-order valence-corrected chi connectivity index (χ2v) is 6.70. The Morgan fingerprint density at radius 2 is 2.00 bits per heavy atom. The average molecular weight is 414 g/mol. The molecule has 0 fully saturated rings. The number of rotatable bonds is 7. The number of ether oxygens (including phenoxy) is 2. The molecular weight excluding hydrogens is 392 g/mol. The molecule has 31 heavy (non-hydrogen) atoms. The Hall–Kier alpha value is -4.13. The summed E-state index contributed by atoms with van der Waals surface area (Å²) in [6.45, 7) is 2.44. The minimum absolute atomic E-state index is 0.224. The lowest BCUT2D eigenvalue weighted by atomic mass is 10.1. The van der Waals surface area contributed by atoms with Crippen LogP contribution in [0, 0.1) is 0 Å². The van der Waals surface area contributed by atoms with Crippen molar-refractivity contribution < 1.29 is 14.3 Å². The maximum absolute atomic E-state index is 12.3. The van der Waals surface area contributed by atoms with Gasteiger partial charge in [-0.15, -0.1) is 0 Å². The number of nitrogens with one attached hydrogen (secondary N) is 1. The van der Waals surface area contributed by atoms with Crippen LogP contribution in [0.2, 0.25) is 0 Å². The van der Waals surface area contributed by atoms with Gasteiger partial charge in [0.1, 0.15) is 0 Å². The van der Waals surface area contributed by atoms with Crippen LogP contribution in [-0.2, 0) is 4.79 Å². The van der Waals surface area contributed by atoms with Crippen LogP contribution >= 0.6 is 0 Å². The van der Waals surface area contributed by atoms with E-state index in [4.69, 9.17) is 9.47 Å². The Bertz CT molecular complexity index is 1200. The van der Waals surface area contributed by atoms with E-state index in [0.717, 1.165) is 16.8 Å². The van der Waals surface area contributed by atoms with Gasteiger partial charge in [0.05, 0.1) is 19.4 Å². The zero-order chi connectivity index (χ0) is 21.6. The van der Waals surface area contributed by atoms with E-state index in [-0.39, 0.29) is 5.91 Å². The normalized spacial score (nSPS) is 11.0. The van der Waals surface area contributed by atoms with Crippen LogP contribution in [0.4, 0.5) is 5.69 Å². The van der Waals surface area contributed by atoms with Crippen molar-refractivity contribution >= 4 is 23.4 Å². The molecule has 0 saturated carbocycles. The molecule has 0 aliphatic rings. The van der Waals surface area contributed by atoms with Gasteiger partial charge in [0, 0.05) is 35.9 Å². The van der Waals surface area contributed by atoms with Crippen LogP contribution in [0.5, 0.6) is 11.5 Å². The summed E-state index contributed by atoms with van der Waals surface area (Å²) in [6, 6.07) is 14.9. The molecule has 2 aromatic heterocycles. The van der Waals surface area contributed by atoms with Crippen molar-refractivity contribution in [3.8, 4) is 22.8 Å². The van der Waals surface area contributed by atoms with Gasteiger partial charge in [-0.1, -0.05) is 18.2 Å². The molecule has 0 saturated heterocycles. The second kappa shape index (κ2) is 9.13. The smallest absolute Gasteiger partial charge is 0.248 e. The van der Waals surface area contributed by atoms with Gasteiger partial charge in [0.25, 0.3) is 0 Å². The van der Waals surface area contributed by atoms with Crippen LogP contribution in [0.1, 0.15) is 12.5 Å². The number of anilines is 1. The number of benzene rings is 2. The van der Waals surface area contributed by atoms with Crippen molar-refractivity contribution in [1.82, 2.24) is 14.4 Å². The fourth-order valence-corrected chi connectivity index (χ4v) is 3.11. The third-order valence-electron chi connectivity index (χ3n) is 4.60. The number of fused-ring (bicyclic) bond motifs is 1. The van der Waals surface area contributed by atoms with Crippen LogP contribution in [0.15, 0.2) is 73.2 Å². The molecule has 0 aliphatic heterocycles. The number of imidazole rings is 1. The van der Waals surface area contributed by atoms with Crippen molar-refractivity contribution in [2.75, 3.05) is 19.0 Å². The Morgan fingerprint density at radius 3 is 2.74 bits per heavy atom. The molecule has 4 rings (SSSR count). The molecule has 1 amide bonds. The summed E-state index contributed by atoms with van der Waals surface area (Å²) in [4.78, 5) is 21.0. The molecule has 1 N–H and O–H groups in total. The molecule has 0 bridgehead atoms. The van der Waals surface area contributed by atoms with Crippen molar-refractivity contribution in [2.24, 2.45) is 0 Å². The standard InChI is InChI=1S/C24H22N4O3/c1-3-31-22-15-17(5-11-21(22)30-2)6-12-23(29)26-19-9-7-18(8-10-19)20-16-28-14-4-13-25-24(28)27-20/h4-16H,3H2,1-2H3,(H,26,29). The van der Waals surface area contributed by atoms with Gasteiger partial charge in [-0.3, -0.25) is 9.20 Å². The maximum Gasteiger partial charge on any atom is 0.248 e. The number of aromatic nitrogens is 3. The first-order valence-electron chi connectivity index (χ1n) is 9.86. The number of amides is 1. The third kappa shape index (κ3) is 4.72. The molecule has 2 heterocycles. The van der Waals surface area contributed by atoms with Crippen LogP contribution in [0.25, 0.3) is 23.1 Å². The van der Waals surface area contributed by atoms with Gasteiger partial charge >= 0.3 is 0 Å². The largest absolute Gasteiger partial charge is 0.493 e. The number of methoxy groups -OCH3 is 1. The van der Waals surface area contributed by atoms with E-state index < -0.39 is 0 Å². The minimum Gasteiger partial charge on any atom is -0.493 e. The first kappa shape index (κ1) is 20.2. The minimum atomic E-state index is -0.224. The van der Waals surface area contributed by atoms with Crippen LogP contribution in [0.3, 0.4) is 0 Å². The molecule has 0 spiro atoms. The second-order valence-electron chi connectivity index (χ2n) is 6.70.